The Morgan fingerprint density at radius 1 is 0.886 bits per heavy atom. The van der Waals surface area contributed by atoms with Crippen LogP contribution in [-0.4, -0.2) is 51.9 Å². The van der Waals surface area contributed by atoms with Crippen LogP contribution in [0.2, 0.25) is 0 Å². The Morgan fingerprint density at radius 3 is 2.23 bits per heavy atom. The van der Waals surface area contributed by atoms with Crippen LogP contribution in [0.4, 0.5) is 8.78 Å². The maximum Gasteiger partial charge on any atom is 0.253 e. The van der Waals surface area contributed by atoms with Gasteiger partial charge >= 0.3 is 0 Å². The number of H-pyrrole nitrogens is 1. The minimum atomic E-state index is -0.355. The highest BCUT2D eigenvalue weighted by Gasteiger charge is 2.24. The molecule has 1 saturated heterocycles. The van der Waals surface area contributed by atoms with Gasteiger partial charge in [0.25, 0.3) is 5.91 Å². The normalized spacial score (nSPS) is 14.3. The Hall–Kier alpha value is -3.84. The molecule has 4 aromatic rings. The van der Waals surface area contributed by atoms with Gasteiger partial charge in [0.05, 0.1) is 17.9 Å². The monoisotopic (exact) mass is 472 g/mol. The van der Waals surface area contributed by atoms with E-state index in [0.29, 0.717) is 66.6 Å². The first-order chi connectivity index (χ1) is 17.0. The van der Waals surface area contributed by atoms with Crippen molar-refractivity contribution in [1.29, 1.82) is 0 Å². The summed E-state index contributed by atoms with van der Waals surface area (Å²) in [6.45, 7) is 5.20. The molecular formula is C28H26F2N4O. The number of rotatable bonds is 5. The molecule has 0 aliphatic carbocycles. The number of nitrogens with zero attached hydrogens (tertiary/aromatic N) is 3. The largest absolute Gasteiger partial charge is 0.340 e. The topological polar surface area (TPSA) is 52.2 Å². The molecule has 5 nitrogen and oxygen atoms in total. The Balaban J connectivity index is 1.34. The van der Waals surface area contributed by atoms with Gasteiger partial charge in [-0.3, -0.25) is 9.69 Å². The predicted molar refractivity (Wildman–Crippen MR) is 132 cm³/mol. The number of aromatic amines is 1. The number of carbonyl (C=O) groups is 1. The summed E-state index contributed by atoms with van der Waals surface area (Å²) in [6, 6.07) is 20.2. The molecule has 1 amide bonds. The van der Waals surface area contributed by atoms with Gasteiger partial charge in [0.15, 0.2) is 0 Å². The van der Waals surface area contributed by atoms with Crippen LogP contribution in [0, 0.1) is 18.6 Å². The second kappa shape index (κ2) is 9.80. The minimum absolute atomic E-state index is 0.0492. The van der Waals surface area contributed by atoms with Crippen molar-refractivity contribution in [3.63, 3.8) is 0 Å². The van der Waals surface area contributed by atoms with Gasteiger partial charge in [0.1, 0.15) is 17.5 Å². The van der Waals surface area contributed by atoms with E-state index in [4.69, 9.17) is 4.98 Å². The van der Waals surface area contributed by atoms with Gasteiger partial charge in [-0.25, -0.2) is 13.8 Å². The number of benzene rings is 3. The second-order valence-corrected chi connectivity index (χ2v) is 8.87. The van der Waals surface area contributed by atoms with E-state index in [1.165, 1.54) is 24.3 Å². The zero-order chi connectivity index (χ0) is 24.4. The van der Waals surface area contributed by atoms with E-state index in [2.05, 4.69) is 9.88 Å². The summed E-state index contributed by atoms with van der Waals surface area (Å²) >= 11 is 0. The fourth-order valence-corrected chi connectivity index (χ4v) is 4.48. The number of halogens is 2. The molecule has 1 fully saturated rings. The standard InChI is InChI=1S/C28H26F2N4O/c1-19-5-2-8-22(15-19)28(35)34-13-11-33(12-14-34)18-25-31-26(20-6-3-9-23(29)16-20)27(32-25)21-7-4-10-24(30)17-21/h2-10,15-17H,11-14,18H2,1H3,(H,31,32). The molecule has 0 radical (unpaired) electrons. The first kappa shape index (κ1) is 22.9. The number of hydrogen-bond donors (Lipinski definition) is 1. The van der Waals surface area contributed by atoms with Crippen molar-refractivity contribution in [2.24, 2.45) is 0 Å². The fourth-order valence-electron chi connectivity index (χ4n) is 4.48. The lowest BCUT2D eigenvalue weighted by Gasteiger charge is -2.34. The lowest BCUT2D eigenvalue weighted by Crippen LogP contribution is -2.48. The molecular weight excluding hydrogens is 446 g/mol. The number of aromatic nitrogens is 2. The number of imidazole rings is 1. The first-order valence-electron chi connectivity index (χ1n) is 11.7. The van der Waals surface area contributed by atoms with Crippen LogP contribution < -0.4 is 0 Å². The first-order valence-corrected chi connectivity index (χ1v) is 11.7. The maximum absolute atomic E-state index is 13.9. The Morgan fingerprint density at radius 2 is 1.54 bits per heavy atom. The molecule has 0 saturated carbocycles. The van der Waals surface area contributed by atoms with Crippen molar-refractivity contribution in [2.45, 2.75) is 13.5 Å². The lowest BCUT2D eigenvalue weighted by atomic mass is 10.0. The predicted octanol–water partition coefficient (Wildman–Crippen LogP) is 5.29. The van der Waals surface area contributed by atoms with Gasteiger partial charge in [0.2, 0.25) is 0 Å². The fraction of sp³-hybridized carbons (Fsp3) is 0.214. The summed E-state index contributed by atoms with van der Waals surface area (Å²) in [5, 5.41) is 0. The highest BCUT2D eigenvalue weighted by molar-refractivity contribution is 5.94. The Labute approximate surface area is 203 Å². The van der Waals surface area contributed by atoms with Crippen LogP contribution in [0.3, 0.4) is 0 Å². The number of nitrogens with one attached hydrogen (secondary N) is 1. The summed E-state index contributed by atoms with van der Waals surface area (Å²) < 4.78 is 27.9. The van der Waals surface area contributed by atoms with Gasteiger partial charge in [-0.05, 0) is 43.3 Å². The summed E-state index contributed by atoms with van der Waals surface area (Å²) in [7, 11) is 0. The number of hydrogen-bond acceptors (Lipinski definition) is 3. The summed E-state index contributed by atoms with van der Waals surface area (Å²) in [6.07, 6.45) is 0. The lowest BCUT2D eigenvalue weighted by molar-refractivity contribution is 0.0625. The molecule has 2 heterocycles. The van der Waals surface area contributed by atoms with Gasteiger partial charge in [-0.1, -0.05) is 42.0 Å². The van der Waals surface area contributed by atoms with E-state index in [9.17, 15) is 13.6 Å². The smallest absolute Gasteiger partial charge is 0.253 e. The molecule has 3 aromatic carbocycles. The van der Waals surface area contributed by atoms with E-state index < -0.39 is 0 Å². The van der Waals surface area contributed by atoms with Gasteiger partial charge in [0, 0.05) is 42.9 Å². The van der Waals surface area contributed by atoms with Crippen LogP contribution in [-0.2, 0) is 6.54 Å². The van der Waals surface area contributed by atoms with E-state index in [1.54, 1.807) is 24.3 Å². The molecule has 1 aliphatic rings. The van der Waals surface area contributed by atoms with E-state index in [1.807, 2.05) is 36.1 Å². The maximum atomic E-state index is 13.9. The molecule has 1 N–H and O–H groups in total. The molecule has 0 bridgehead atoms. The molecule has 1 aliphatic heterocycles. The number of aryl methyl sites for hydroxylation is 1. The number of amides is 1. The van der Waals surface area contributed by atoms with Gasteiger partial charge < -0.3 is 9.88 Å². The third-order valence-corrected chi connectivity index (χ3v) is 6.26. The third kappa shape index (κ3) is 5.15. The summed E-state index contributed by atoms with van der Waals surface area (Å²) in [4.78, 5) is 25.1. The SMILES string of the molecule is Cc1cccc(C(=O)N2CCN(Cc3nc(-c4cccc(F)c4)c(-c4cccc(F)c4)[nH]3)CC2)c1. The van der Waals surface area contributed by atoms with Crippen molar-refractivity contribution in [3.05, 3.63) is 101 Å². The van der Waals surface area contributed by atoms with E-state index in [0.717, 1.165) is 5.56 Å². The van der Waals surface area contributed by atoms with Crippen LogP contribution in [0.25, 0.3) is 22.5 Å². The molecule has 1 aromatic heterocycles. The van der Waals surface area contributed by atoms with E-state index >= 15 is 0 Å². The summed E-state index contributed by atoms with van der Waals surface area (Å²) in [5.41, 5.74) is 4.29. The average Bonchev–Trinajstić information content (AvgIpc) is 3.28. The van der Waals surface area contributed by atoms with Crippen molar-refractivity contribution in [3.8, 4) is 22.5 Å². The van der Waals surface area contributed by atoms with Crippen LogP contribution in [0.15, 0.2) is 72.8 Å². The van der Waals surface area contributed by atoms with Crippen molar-refractivity contribution >= 4 is 5.91 Å². The average molecular weight is 473 g/mol. The zero-order valence-corrected chi connectivity index (χ0v) is 19.5. The molecule has 0 unspecified atom stereocenters. The Bertz CT molecular complexity index is 1300. The number of piperazine rings is 1. The van der Waals surface area contributed by atoms with Crippen molar-refractivity contribution in [2.75, 3.05) is 26.2 Å². The quantitative estimate of drug-likeness (QED) is 0.430. The molecule has 178 valence electrons. The van der Waals surface area contributed by atoms with Crippen LogP contribution >= 0.6 is 0 Å². The zero-order valence-electron chi connectivity index (χ0n) is 19.5. The Kier molecular flexibility index (Phi) is 6.42. The van der Waals surface area contributed by atoms with Crippen LogP contribution in [0.5, 0.6) is 0 Å². The minimum Gasteiger partial charge on any atom is -0.340 e. The van der Waals surface area contributed by atoms with Gasteiger partial charge in [-0.2, -0.15) is 0 Å². The van der Waals surface area contributed by atoms with Crippen molar-refractivity contribution in [1.82, 2.24) is 19.8 Å². The summed E-state index contributed by atoms with van der Waals surface area (Å²) in [5.74, 6) is 0.0556. The third-order valence-electron chi connectivity index (χ3n) is 6.26. The molecule has 0 atom stereocenters. The highest BCUT2D eigenvalue weighted by atomic mass is 19.1. The van der Waals surface area contributed by atoms with Gasteiger partial charge in [-0.15, -0.1) is 0 Å². The second-order valence-electron chi connectivity index (χ2n) is 8.87. The molecule has 7 heteroatoms. The van der Waals surface area contributed by atoms with Crippen molar-refractivity contribution < 1.29 is 13.6 Å². The van der Waals surface area contributed by atoms with E-state index in [-0.39, 0.29) is 17.5 Å². The van der Waals surface area contributed by atoms with Crippen LogP contribution in [0.1, 0.15) is 21.7 Å². The number of carbonyl (C=O) groups excluding carboxylic acids is 1. The molecule has 5 rings (SSSR count). The molecule has 35 heavy (non-hydrogen) atoms. The molecule has 0 spiro atoms. The highest BCUT2D eigenvalue weighted by Crippen LogP contribution is 2.31.